The number of rotatable bonds is 5. The van der Waals surface area contributed by atoms with E-state index < -0.39 is 0 Å². The number of methoxy groups -OCH3 is 2. The van der Waals surface area contributed by atoms with E-state index in [1.807, 2.05) is 10.7 Å². The fourth-order valence-corrected chi connectivity index (χ4v) is 3.85. The summed E-state index contributed by atoms with van der Waals surface area (Å²) < 4.78 is 18.7. The summed E-state index contributed by atoms with van der Waals surface area (Å²) in [5.41, 5.74) is 3.41. The molecule has 3 heterocycles. The van der Waals surface area contributed by atoms with E-state index >= 15 is 0 Å². The van der Waals surface area contributed by atoms with Crippen molar-refractivity contribution in [3.63, 3.8) is 0 Å². The molecule has 0 bridgehead atoms. The van der Waals surface area contributed by atoms with E-state index in [4.69, 9.17) is 14.2 Å². The maximum Gasteiger partial charge on any atom is 0.124 e. The molecule has 134 valence electrons. The van der Waals surface area contributed by atoms with Gasteiger partial charge in [0.05, 0.1) is 44.4 Å². The zero-order chi connectivity index (χ0) is 17.2. The van der Waals surface area contributed by atoms with Crippen LogP contribution in [0.4, 0.5) is 0 Å². The Labute approximate surface area is 147 Å². The highest BCUT2D eigenvalue weighted by Gasteiger charge is 2.36. The highest BCUT2D eigenvalue weighted by Crippen LogP contribution is 2.31. The van der Waals surface area contributed by atoms with Crippen LogP contribution in [0.15, 0.2) is 24.4 Å². The van der Waals surface area contributed by atoms with E-state index in [-0.39, 0.29) is 12.1 Å². The number of ether oxygens (including phenoxy) is 3. The molecule has 1 aromatic carbocycles. The predicted octanol–water partition coefficient (Wildman–Crippen LogP) is 1.78. The fraction of sp³-hybridized carbons (Fsp3) is 0.556. The summed E-state index contributed by atoms with van der Waals surface area (Å²) >= 11 is 0. The molecule has 2 atom stereocenters. The van der Waals surface area contributed by atoms with Gasteiger partial charge in [-0.3, -0.25) is 4.90 Å². The molecule has 2 aliphatic heterocycles. The molecular formula is C18H24N4O3. The number of hydrogen-bond acceptors (Lipinski definition) is 6. The predicted molar refractivity (Wildman–Crippen MR) is 91.2 cm³/mol. The smallest absolute Gasteiger partial charge is 0.124 e. The van der Waals surface area contributed by atoms with E-state index in [0.717, 1.165) is 43.1 Å². The first-order chi connectivity index (χ1) is 12.3. The average molecular weight is 344 g/mol. The Hall–Kier alpha value is -1.96. The van der Waals surface area contributed by atoms with Gasteiger partial charge in [-0.15, -0.1) is 5.10 Å². The third kappa shape index (κ3) is 3.27. The van der Waals surface area contributed by atoms with Crippen LogP contribution in [0.3, 0.4) is 0 Å². The third-order valence-electron chi connectivity index (χ3n) is 5.06. The Morgan fingerprint density at radius 3 is 3.08 bits per heavy atom. The van der Waals surface area contributed by atoms with Gasteiger partial charge in [-0.1, -0.05) is 11.3 Å². The molecule has 7 heteroatoms. The Morgan fingerprint density at radius 2 is 2.24 bits per heavy atom. The van der Waals surface area contributed by atoms with Gasteiger partial charge in [0.25, 0.3) is 0 Å². The summed E-state index contributed by atoms with van der Waals surface area (Å²) in [6.07, 6.45) is 3.06. The van der Waals surface area contributed by atoms with Crippen LogP contribution in [0.5, 0.6) is 5.75 Å². The highest BCUT2D eigenvalue weighted by molar-refractivity contribution is 5.37. The first-order valence-corrected chi connectivity index (χ1v) is 8.66. The Morgan fingerprint density at radius 1 is 1.32 bits per heavy atom. The van der Waals surface area contributed by atoms with Crippen LogP contribution >= 0.6 is 0 Å². The van der Waals surface area contributed by atoms with Crippen molar-refractivity contribution in [3.8, 4) is 5.75 Å². The Bertz CT molecular complexity index is 733. The second-order valence-corrected chi connectivity index (χ2v) is 6.69. The summed E-state index contributed by atoms with van der Waals surface area (Å²) in [5, 5.41) is 8.31. The SMILES string of the molecule is COCc1cc(CN2CC[C@@H]3OCc4cnnn4[C@@H]3C2)ccc1OC. The van der Waals surface area contributed by atoms with Gasteiger partial charge in [0, 0.05) is 32.3 Å². The van der Waals surface area contributed by atoms with Crippen LogP contribution in [-0.2, 0) is 29.2 Å². The number of hydrogen-bond donors (Lipinski definition) is 0. The summed E-state index contributed by atoms with van der Waals surface area (Å²) in [4.78, 5) is 2.46. The monoisotopic (exact) mass is 344 g/mol. The first-order valence-electron chi connectivity index (χ1n) is 8.66. The number of benzene rings is 1. The molecular weight excluding hydrogens is 320 g/mol. The maximum atomic E-state index is 5.99. The van der Waals surface area contributed by atoms with Crippen molar-refractivity contribution in [1.82, 2.24) is 19.9 Å². The third-order valence-corrected chi connectivity index (χ3v) is 5.06. The minimum absolute atomic E-state index is 0.241. The topological polar surface area (TPSA) is 61.6 Å². The lowest BCUT2D eigenvalue weighted by molar-refractivity contribution is -0.0669. The second kappa shape index (κ2) is 7.11. The molecule has 0 amide bonds. The zero-order valence-electron chi connectivity index (χ0n) is 14.7. The van der Waals surface area contributed by atoms with Gasteiger partial charge in [-0.2, -0.15) is 0 Å². The molecule has 25 heavy (non-hydrogen) atoms. The lowest BCUT2D eigenvalue weighted by Crippen LogP contribution is -2.47. The molecule has 1 fully saturated rings. The van der Waals surface area contributed by atoms with E-state index in [1.54, 1.807) is 20.4 Å². The van der Waals surface area contributed by atoms with Crippen LogP contribution in [0, 0.1) is 0 Å². The van der Waals surface area contributed by atoms with Crippen molar-refractivity contribution in [3.05, 3.63) is 41.2 Å². The molecule has 2 aliphatic rings. The average Bonchev–Trinajstić information content (AvgIpc) is 3.11. The normalized spacial score (nSPS) is 23.1. The number of fused-ring (bicyclic) bond motifs is 3. The lowest BCUT2D eigenvalue weighted by atomic mass is 9.99. The van der Waals surface area contributed by atoms with E-state index in [0.29, 0.717) is 13.2 Å². The minimum atomic E-state index is 0.241. The van der Waals surface area contributed by atoms with Crippen LogP contribution in [0.25, 0.3) is 0 Å². The van der Waals surface area contributed by atoms with Gasteiger partial charge >= 0.3 is 0 Å². The second-order valence-electron chi connectivity index (χ2n) is 6.69. The molecule has 0 aliphatic carbocycles. The van der Waals surface area contributed by atoms with E-state index in [9.17, 15) is 0 Å². The van der Waals surface area contributed by atoms with Crippen LogP contribution < -0.4 is 4.74 Å². The van der Waals surface area contributed by atoms with Gasteiger partial charge in [-0.05, 0) is 24.1 Å². The molecule has 2 aromatic rings. The van der Waals surface area contributed by atoms with Crippen LogP contribution in [-0.4, -0.2) is 53.3 Å². The summed E-state index contributed by atoms with van der Waals surface area (Å²) in [7, 11) is 3.40. The largest absolute Gasteiger partial charge is 0.496 e. The standard InChI is InChI=1S/C18H24N4O3/c1-23-11-14-7-13(3-4-17(14)24-2)9-21-6-5-18-16(10-21)22-15(12-25-18)8-19-20-22/h3-4,7-8,16,18H,5-6,9-12H2,1-2H3/t16-,18+/m1/s1. The number of piperidine rings is 1. The molecule has 0 saturated carbocycles. The van der Waals surface area contributed by atoms with Crippen molar-refractivity contribution >= 4 is 0 Å². The van der Waals surface area contributed by atoms with Crippen molar-refractivity contribution in [2.24, 2.45) is 0 Å². The van der Waals surface area contributed by atoms with Gasteiger partial charge in [0.15, 0.2) is 0 Å². The lowest BCUT2D eigenvalue weighted by Gasteiger charge is -2.41. The molecule has 0 radical (unpaired) electrons. The summed E-state index contributed by atoms with van der Waals surface area (Å²) in [6.45, 7) is 4.02. The number of aromatic nitrogens is 3. The molecule has 1 saturated heterocycles. The van der Waals surface area contributed by atoms with E-state index in [1.165, 1.54) is 5.56 Å². The molecule has 0 N–H and O–H groups in total. The van der Waals surface area contributed by atoms with Crippen molar-refractivity contribution in [2.75, 3.05) is 27.3 Å². The maximum absolute atomic E-state index is 5.99. The molecule has 4 rings (SSSR count). The Balaban J connectivity index is 1.48. The van der Waals surface area contributed by atoms with Gasteiger partial charge < -0.3 is 14.2 Å². The van der Waals surface area contributed by atoms with Crippen LogP contribution in [0.2, 0.25) is 0 Å². The summed E-state index contributed by atoms with van der Waals surface area (Å²) in [6, 6.07) is 6.57. The minimum Gasteiger partial charge on any atom is -0.496 e. The van der Waals surface area contributed by atoms with Crippen molar-refractivity contribution < 1.29 is 14.2 Å². The molecule has 0 spiro atoms. The van der Waals surface area contributed by atoms with Crippen molar-refractivity contribution in [1.29, 1.82) is 0 Å². The fourth-order valence-electron chi connectivity index (χ4n) is 3.85. The zero-order valence-corrected chi connectivity index (χ0v) is 14.7. The molecule has 0 unspecified atom stereocenters. The van der Waals surface area contributed by atoms with E-state index in [2.05, 4.69) is 27.3 Å². The van der Waals surface area contributed by atoms with Crippen molar-refractivity contribution in [2.45, 2.75) is 38.3 Å². The highest BCUT2D eigenvalue weighted by atomic mass is 16.5. The molecule has 1 aromatic heterocycles. The number of likely N-dealkylation sites (tertiary alicyclic amines) is 1. The van der Waals surface area contributed by atoms with Gasteiger partial charge in [0.1, 0.15) is 5.75 Å². The van der Waals surface area contributed by atoms with Gasteiger partial charge in [0.2, 0.25) is 0 Å². The first kappa shape index (κ1) is 16.5. The molecule has 7 nitrogen and oxygen atoms in total. The van der Waals surface area contributed by atoms with Gasteiger partial charge in [-0.25, -0.2) is 4.68 Å². The quantitative estimate of drug-likeness (QED) is 0.824. The Kier molecular flexibility index (Phi) is 4.70. The summed E-state index contributed by atoms with van der Waals surface area (Å²) in [5.74, 6) is 0.872. The number of nitrogens with zero attached hydrogens (tertiary/aromatic N) is 4. The van der Waals surface area contributed by atoms with Crippen LogP contribution in [0.1, 0.15) is 29.3 Å².